The Balaban J connectivity index is 1.81. The summed E-state index contributed by atoms with van der Waals surface area (Å²) in [4.78, 5) is 11.3. The molecule has 0 fully saturated rings. The molecule has 0 radical (unpaired) electrons. The molecule has 0 bridgehead atoms. The van der Waals surface area contributed by atoms with Crippen LogP contribution in [-0.4, -0.2) is 18.2 Å². The van der Waals surface area contributed by atoms with Crippen molar-refractivity contribution in [2.75, 3.05) is 12.4 Å². The monoisotopic (exact) mass is 399 g/mol. The van der Waals surface area contributed by atoms with Crippen molar-refractivity contribution in [2.24, 2.45) is 5.92 Å². The van der Waals surface area contributed by atoms with E-state index >= 15 is 0 Å². The van der Waals surface area contributed by atoms with Crippen LogP contribution in [0.15, 0.2) is 53.0 Å². The normalized spacial score (nSPS) is 23.5. The third kappa shape index (κ3) is 2.72. The Morgan fingerprint density at radius 3 is 2.84 bits per heavy atom. The minimum absolute atomic E-state index is 0.107. The lowest BCUT2D eigenvalue weighted by molar-refractivity contribution is 0.0696. The summed E-state index contributed by atoms with van der Waals surface area (Å²) < 4.78 is 6.60. The van der Waals surface area contributed by atoms with Crippen LogP contribution in [-0.2, 0) is 0 Å². The van der Waals surface area contributed by atoms with Crippen LogP contribution in [0.3, 0.4) is 0 Å². The number of aromatic carboxylic acids is 1. The SMILES string of the molecule is COc1ccc(Br)cc1[C@@H]1Nc2ccc(C(=O)O)cc2[C@@H]2C=CC[C@@H]21. The van der Waals surface area contributed by atoms with Gasteiger partial charge in [-0.1, -0.05) is 28.1 Å². The van der Waals surface area contributed by atoms with Gasteiger partial charge in [0, 0.05) is 21.6 Å². The molecule has 1 aliphatic carbocycles. The smallest absolute Gasteiger partial charge is 0.335 e. The van der Waals surface area contributed by atoms with E-state index in [1.54, 1.807) is 19.2 Å². The average molecular weight is 400 g/mol. The van der Waals surface area contributed by atoms with E-state index in [0.717, 1.165) is 33.5 Å². The minimum atomic E-state index is -0.892. The maximum Gasteiger partial charge on any atom is 0.335 e. The number of benzene rings is 2. The maximum atomic E-state index is 11.3. The Hall–Kier alpha value is -2.27. The summed E-state index contributed by atoms with van der Waals surface area (Å²) in [6.07, 6.45) is 5.35. The zero-order valence-corrected chi connectivity index (χ0v) is 15.3. The number of allylic oxidation sites excluding steroid dienone is 2. The van der Waals surface area contributed by atoms with Gasteiger partial charge in [0.25, 0.3) is 0 Å². The first-order chi connectivity index (χ1) is 12.1. The Labute approximate surface area is 154 Å². The van der Waals surface area contributed by atoms with Crippen molar-refractivity contribution in [2.45, 2.75) is 18.4 Å². The molecular formula is C20H18BrNO3. The number of carboxylic acids is 1. The van der Waals surface area contributed by atoms with Crippen LogP contribution >= 0.6 is 15.9 Å². The molecule has 4 rings (SSSR count). The van der Waals surface area contributed by atoms with Crippen molar-refractivity contribution in [3.8, 4) is 5.75 Å². The van der Waals surface area contributed by atoms with E-state index in [2.05, 4.69) is 39.5 Å². The molecule has 4 nitrogen and oxygen atoms in total. The van der Waals surface area contributed by atoms with Crippen molar-refractivity contribution in [1.29, 1.82) is 0 Å². The molecule has 1 aliphatic heterocycles. The molecule has 2 aromatic carbocycles. The number of fused-ring (bicyclic) bond motifs is 3. The molecule has 2 N–H and O–H groups in total. The van der Waals surface area contributed by atoms with Gasteiger partial charge in [0.2, 0.25) is 0 Å². The van der Waals surface area contributed by atoms with E-state index in [4.69, 9.17) is 4.74 Å². The standard InChI is InChI=1S/C20H18BrNO3/c1-25-18-8-6-12(21)10-16(18)19-14-4-2-3-13(14)15-9-11(20(23)24)5-7-17(15)22-19/h2-3,5-10,13-14,19,22H,4H2,1H3,(H,23,24)/t13-,14+,19-/m1/s1. The molecule has 5 heteroatoms. The van der Waals surface area contributed by atoms with E-state index in [0.29, 0.717) is 11.5 Å². The molecule has 0 amide bonds. The van der Waals surface area contributed by atoms with E-state index in [1.165, 1.54) is 0 Å². The minimum Gasteiger partial charge on any atom is -0.496 e. The first kappa shape index (κ1) is 16.2. The van der Waals surface area contributed by atoms with Crippen LogP contribution in [0.25, 0.3) is 0 Å². The van der Waals surface area contributed by atoms with Crippen LogP contribution in [0.2, 0.25) is 0 Å². The van der Waals surface area contributed by atoms with Gasteiger partial charge >= 0.3 is 5.97 Å². The number of halogens is 1. The van der Waals surface area contributed by atoms with Crippen molar-refractivity contribution in [1.82, 2.24) is 0 Å². The van der Waals surface area contributed by atoms with E-state index in [1.807, 2.05) is 18.2 Å². The number of hydrogen-bond acceptors (Lipinski definition) is 3. The van der Waals surface area contributed by atoms with Crippen LogP contribution in [0.1, 0.15) is 39.9 Å². The molecule has 128 valence electrons. The van der Waals surface area contributed by atoms with Crippen molar-refractivity contribution >= 4 is 27.6 Å². The fourth-order valence-corrected chi connectivity index (χ4v) is 4.36. The molecule has 25 heavy (non-hydrogen) atoms. The summed E-state index contributed by atoms with van der Waals surface area (Å²) in [5, 5.41) is 12.9. The van der Waals surface area contributed by atoms with E-state index in [-0.39, 0.29) is 12.0 Å². The summed E-state index contributed by atoms with van der Waals surface area (Å²) in [6, 6.07) is 11.5. The lowest BCUT2D eigenvalue weighted by atomic mass is 9.76. The Morgan fingerprint density at radius 2 is 2.08 bits per heavy atom. The quantitative estimate of drug-likeness (QED) is 0.714. The van der Waals surface area contributed by atoms with E-state index < -0.39 is 5.97 Å². The number of nitrogens with one attached hydrogen (secondary N) is 1. The van der Waals surface area contributed by atoms with Gasteiger partial charge in [0.15, 0.2) is 0 Å². The molecule has 0 saturated carbocycles. The van der Waals surface area contributed by atoms with Crippen LogP contribution in [0.4, 0.5) is 5.69 Å². The van der Waals surface area contributed by atoms with Gasteiger partial charge in [-0.15, -0.1) is 0 Å². The highest BCUT2D eigenvalue weighted by Crippen LogP contribution is 2.51. The fourth-order valence-electron chi connectivity index (χ4n) is 3.98. The fraction of sp³-hybridized carbons (Fsp3) is 0.250. The van der Waals surface area contributed by atoms with Crippen molar-refractivity contribution < 1.29 is 14.6 Å². The van der Waals surface area contributed by atoms with Gasteiger partial charge in [0.1, 0.15) is 5.75 Å². The van der Waals surface area contributed by atoms with Crippen LogP contribution in [0.5, 0.6) is 5.75 Å². The summed E-state index contributed by atoms with van der Waals surface area (Å²) in [6.45, 7) is 0. The van der Waals surface area contributed by atoms with E-state index in [9.17, 15) is 9.90 Å². The van der Waals surface area contributed by atoms with Gasteiger partial charge in [-0.05, 0) is 54.3 Å². The van der Waals surface area contributed by atoms with Crippen LogP contribution in [0, 0.1) is 5.92 Å². The molecule has 1 heterocycles. The molecule has 0 unspecified atom stereocenters. The average Bonchev–Trinajstić information content (AvgIpc) is 3.10. The highest BCUT2D eigenvalue weighted by Gasteiger charge is 2.39. The van der Waals surface area contributed by atoms with Crippen molar-refractivity contribution in [3.63, 3.8) is 0 Å². The van der Waals surface area contributed by atoms with Gasteiger partial charge in [-0.2, -0.15) is 0 Å². The van der Waals surface area contributed by atoms with Gasteiger partial charge in [-0.25, -0.2) is 4.79 Å². The lowest BCUT2D eigenvalue weighted by Crippen LogP contribution is -2.29. The number of hydrogen-bond donors (Lipinski definition) is 2. The predicted octanol–water partition coefficient (Wildman–Crippen LogP) is 4.98. The Morgan fingerprint density at radius 1 is 1.24 bits per heavy atom. The second-order valence-electron chi connectivity index (χ2n) is 6.47. The number of rotatable bonds is 3. The lowest BCUT2D eigenvalue weighted by Gasteiger charge is -2.38. The number of ether oxygens (including phenoxy) is 1. The largest absolute Gasteiger partial charge is 0.496 e. The molecule has 2 aromatic rings. The highest BCUT2D eigenvalue weighted by molar-refractivity contribution is 9.10. The Bertz CT molecular complexity index is 877. The number of methoxy groups -OCH3 is 1. The third-order valence-corrected chi connectivity index (χ3v) is 5.63. The number of anilines is 1. The molecular weight excluding hydrogens is 382 g/mol. The second kappa shape index (κ2) is 6.23. The summed E-state index contributed by atoms with van der Waals surface area (Å²) >= 11 is 3.56. The molecule has 2 aliphatic rings. The third-order valence-electron chi connectivity index (χ3n) is 5.14. The van der Waals surface area contributed by atoms with Crippen LogP contribution < -0.4 is 10.1 Å². The van der Waals surface area contributed by atoms with Gasteiger partial charge in [-0.3, -0.25) is 0 Å². The predicted molar refractivity (Wildman–Crippen MR) is 100 cm³/mol. The van der Waals surface area contributed by atoms with Gasteiger partial charge < -0.3 is 15.2 Å². The zero-order chi connectivity index (χ0) is 17.6. The first-order valence-electron chi connectivity index (χ1n) is 8.22. The maximum absolute atomic E-state index is 11.3. The second-order valence-corrected chi connectivity index (χ2v) is 7.38. The van der Waals surface area contributed by atoms with Crippen molar-refractivity contribution in [3.05, 3.63) is 69.7 Å². The molecule has 3 atom stereocenters. The molecule has 0 saturated heterocycles. The summed E-state index contributed by atoms with van der Waals surface area (Å²) in [5.74, 6) is 0.512. The zero-order valence-electron chi connectivity index (χ0n) is 13.7. The molecule has 0 aromatic heterocycles. The highest BCUT2D eigenvalue weighted by atomic mass is 79.9. The van der Waals surface area contributed by atoms with Gasteiger partial charge in [0.05, 0.1) is 18.7 Å². The number of carbonyl (C=O) groups is 1. The first-order valence-corrected chi connectivity index (χ1v) is 9.01. The molecule has 0 spiro atoms. The topological polar surface area (TPSA) is 58.6 Å². The summed E-state index contributed by atoms with van der Waals surface area (Å²) in [5.41, 5.74) is 3.50. The number of carboxylic acid groups (broad SMARTS) is 1. The Kier molecular flexibility index (Phi) is 4.04. The summed E-state index contributed by atoms with van der Waals surface area (Å²) in [7, 11) is 1.69.